The van der Waals surface area contributed by atoms with Crippen molar-refractivity contribution in [2.75, 3.05) is 18.1 Å². The topological polar surface area (TPSA) is 120 Å². The van der Waals surface area contributed by atoms with Crippen molar-refractivity contribution in [1.82, 2.24) is 9.55 Å². The molecule has 3 rings (SSSR count). The van der Waals surface area contributed by atoms with E-state index < -0.39 is 50.8 Å². The molecule has 0 aliphatic carbocycles. The first-order valence-electron chi connectivity index (χ1n) is 11.1. The van der Waals surface area contributed by atoms with E-state index in [1.165, 1.54) is 27.8 Å². The molecule has 13 heteroatoms. The van der Waals surface area contributed by atoms with E-state index in [1.807, 2.05) is 13.8 Å². The summed E-state index contributed by atoms with van der Waals surface area (Å²) in [4.78, 5) is 28.0. The number of nitrogens with zero attached hydrogens (tertiary/aromatic N) is 4. The van der Waals surface area contributed by atoms with Crippen LogP contribution in [-0.2, 0) is 15.7 Å². The molecule has 0 spiro atoms. The summed E-state index contributed by atoms with van der Waals surface area (Å²) < 4.78 is 28.5. The van der Waals surface area contributed by atoms with Crippen molar-refractivity contribution in [3.05, 3.63) is 50.6 Å². The van der Waals surface area contributed by atoms with Crippen LogP contribution in [0.25, 0.3) is 0 Å². The van der Waals surface area contributed by atoms with Gasteiger partial charge in [-0.15, -0.1) is 0 Å². The fourth-order valence-corrected chi connectivity index (χ4v) is 5.05. The zero-order valence-electron chi connectivity index (χ0n) is 20.3. The first-order valence-corrected chi connectivity index (χ1v) is 13.2. The number of amides is 1. The van der Waals surface area contributed by atoms with Crippen LogP contribution in [0.5, 0.6) is 0 Å². The summed E-state index contributed by atoms with van der Waals surface area (Å²) >= 11 is 3.15. The molecule has 1 saturated heterocycles. The van der Waals surface area contributed by atoms with Crippen LogP contribution in [0.2, 0.25) is 5.04 Å². The van der Waals surface area contributed by atoms with Crippen molar-refractivity contribution in [2.45, 2.75) is 63.8 Å². The van der Waals surface area contributed by atoms with Gasteiger partial charge in [0.1, 0.15) is 18.1 Å². The third-order valence-electron chi connectivity index (χ3n) is 5.74. The number of hydrogen-bond acceptors (Lipinski definition) is 7. The normalized spacial score (nSPS) is 17.9. The minimum absolute atomic E-state index is 0.0607. The average Bonchev–Trinajstić information content (AvgIpc) is 3.33. The fraction of sp³-hybridized carbons (Fsp3) is 0.545. The summed E-state index contributed by atoms with van der Waals surface area (Å²) in [6.45, 7) is 9.99. The van der Waals surface area contributed by atoms with Crippen LogP contribution in [0.15, 0.2) is 29.1 Å². The first-order chi connectivity index (χ1) is 16.2. The number of anilines is 1. The van der Waals surface area contributed by atoms with Crippen LogP contribution in [0, 0.1) is 15.9 Å². The van der Waals surface area contributed by atoms with Crippen LogP contribution in [-0.4, -0.2) is 60.3 Å². The van der Waals surface area contributed by atoms with E-state index in [-0.39, 0.29) is 34.2 Å². The number of aliphatic hydroxyl groups is 1. The lowest BCUT2D eigenvalue weighted by atomic mass is 9.98. The predicted octanol–water partition coefficient (Wildman–Crippen LogP) is 3.89. The number of aromatic nitrogens is 2. The first kappa shape index (κ1) is 27.2. The lowest BCUT2D eigenvalue weighted by molar-refractivity contribution is -0.389. The molecule has 1 N–H and O–H groups in total. The molecule has 0 saturated carbocycles. The van der Waals surface area contributed by atoms with Gasteiger partial charge in [0.25, 0.3) is 4.73 Å². The Morgan fingerprint density at radius 1 is 1.40 bits per heavy atom. The van der Waals surface area contributed by atoms with Crippen LogP contribution >= 0.6 is 15.9 Å². The standard InChI is InChI=1S/C22H30BrFN4O6Si/c1-21(2,3)35-34-22(4,5)17-10-27(20(30)33-17)14-6-7-15(16(24)8-14)13(12-29)9-26-11-18(28(31)32)25-19(26)23/h6-8,11,13,17,29H,9-10,12,35H2,1-5H3. The van der Waals surface area contributed by atoms with Gasteiger partial charge >= 0.3 is 11.9 Å². The predicted molar refractivity (Wildman–Crippen MR) is 134 cm³/mol. The number of nitro groups is 1. The summed E-state index contributed by atoms with van der Waals surface area (Å²) in [6, 6.07) is 4.32. The smallest absolute Gasteiger partial charge is 0.414 e. The van der Waals surface area contributed by atoms with Crippen LogP contribution in [0.3, 0.4) is 0 Å². The molecular weight excluding hydrogens is 543 g/mol. The van der Waals surface area contributed by atoms with E-state index in [2.05, 4.69) is 41.7 Å². The number of ether oxygens (including phenoxy) is 1. The van der Waals surface area contributed by atoms with Crippen molar-refractivity contribution >= 4 is 43.3 Å². The molecule has 1 aromatic heterocycles. The monoisotopic (exact) mass is 572 g/mol. The molecule has 10 nitrogen and oxygen atoms in total. The highest BCUT2D eigenvalue weighted by Crippen LogP contribution is 2.33. The highest BCUT2D eigenvalue weighted by atomic mass is 79.9. The van der Waals surface area contributed by atoms with Gasteiger partial charge in [0.05, 0.1) is 24.4 Å². The maximum absolute atomic E-state index is 15.1. The molecule has 1 fully saturated rings. The molecule has 2 heterocycles. The number of aliphatic hydroxyl groups excluding tert-OH is 1. The van der Waals surface area contributed by atoms with E-state index in [0.717, 1.165) is 0 Å². The third-order valence-corrected chi connectivity index (χ3v) is 8.13. The highest BCUT2D eigenvalue weighted by molar-refractivity contribution is 9.10. The third kappa shape index (κ3) is 6.45. The van der Waals surface area contributed by atoms with Gasteiger partial charge in [0.15, 0.2) is 9.76 Å². The second-order valence-corrected chi connectivity index (χ2v) is 13.7. The molecule has 1 aliphatic rings. The van der Waals surface area contributed by atoms with Gasteiger partial charge in [0, 0.05) is 28.4 Å². The second-order valence-electron chi connectivity index (χ2n) is 10.3. The molecule has 192 valence electrons. The summed E-state index contributed by atoms with van der Waals surface area (Å²) in [7, 11) is -0.880. The van der Waals surface area contributed by atoms with Gasteiger partial charge in [-0.1, -0.05) is 26.8 Å². The van der Waals surface area contributed by atoms with Gasteiger partial charge in [-0.25, -0.2) is 9.18 Å². The molecule has 2 aromatic rings. The number of hydrogen-bond donors (Lipinski definition) is 1. The van der Waals surface area contributed by atoms with Gasteiger partial charge in [-0.05, 0) is 46.5 Å². The van der Waals surface area contributed by atoms with E-state index in [9.17, 15) is 20.0 Å². The largest absolute Gasteiger partial charge is 0.441 e. The van der Waals surface area contributed by atoms with Gasteiger partial charge in [0.2, 0.25) is 0 Å². The minimum Gasteiger partial charge on any atom is -0.441 e. The molecule has 0 bridgehead atoms. The number of carbonyl (C=O) groups is 1. The number of benzene rings is 1. The van der Waals surface area contributed by atoms with Crippen molar-refractivity contribution in [3.63, 3.8) is 0 Å². The van der Waals surface area contributed by atoms with Crippen molar-refractivity contribution in [3.8, 4) is 0 Å². The average molecular weight is 573 g/mol. The lowest BCUT2D eigenvalue weighted by Crippen LogP contribution is -2.43. The van der Waals surface area contributed by atoms with Crippen molar-refractivity contribution in [2.24, 2.45) is 0 Å². The molecular formula is C22H30BrFN4O6Si. The van der Waals surface area contributed by atoms with E-state index in [0.29, 0.717) is 5.69 Å². The Hall–Kier alpha value is -2.35. The molecule has 1 amide bonds. The van der Waals surface area contributed by atoms with Crippen molar-refractivity contribution in [1.29, 1.82) is 0 Å². The summed E-state index contributed by atoms with van der Waals surface area (Å²) in [6.07, 6.45) is 0.128. The number of rotatable bonds is 9. The Bertz CT molecular complexity index is 1110. The summed E-state index contributed by atoms with van der Waals surface area (Å²) in [5.41, 5.74) is -0.132. The molecule has 0 radical (unpaired) electrons. The minimum atomic E-state index is -0.880. The number of imidazole rings is 1. The lowest BCUT2D eigenvalue weighted by Gasteiger charge is -2.33. The quantitative estimate of drug-likeness (QED) is 0.275. The Morgan fingerprint density at radius 2 is 2.09 bits per heavy atom. The summed E-state index contributed by atoms with van der Waals surface area (Å²) in [5, 5.41) is 20.9. The molecule has 35 heavy (non-hydrogen) atoms. The molecule has 1 aromatic carbocycles. The van der Waals surface area contributed by atoms with Crippen LogP contribution in [0.4, 0.5) is 20.7 Å². The molecule has 1 aliphatic heterocycles. The maximum atomic E-state index is 15.1. The number of halogens is 2. The van der Waals surface area contributed by atoms with Gasteiger partial charge in [-0.3, -0.25) is 9.47 Å². The molecule has 2 atom stereocenters. The van der Waals surface area contributed by atoms with Crippen molar-refractivity contribution < 1.29 is 28.4 Å². The van der Waals surface area contributed by atoms with Crippen LogP contribution in [0.1, 0.15) is 46.1 Å². The SMILES string of the molecule is CC(C)(C)[SiH2]OC(C)(C)C1CN(c2ccc(C(CO)Cn3cc([N+](=O)[O-])nc3Br)c(F)c2)C(=O)O1. The Balaban J connectivity index is 1.75. The van der Waals surface area contributed by atoms with Crippen LogP contribution < -0.4 is 4.90 Å². The summed E-state index contributed by atoms with van der Waals surface area (Å²) in [5.74, 6) is -1.66. The van der Waals surface area contributed by atoms with E-state index in [4.69, 9.17) is 9.16 Å². The van der Waals surface area contributed by atoms with Gasteiger partial charge in [-0.2, -0.15) is 0 Å². The zero-order chi connectivity index (χ0) is 26.1. The number of carbonyl (C=O) groups excluding carboxylic acids is 1. The highest BCUT2D eigenvalue weighted by Gasteiger charge is 2.43. The maximum Gasteiger partial charge on any atom is 0.414 e. The fourth-order valence-electron chi connectivity index (χ4n) is 3.63. The van der Waals surface area contributed by atoms with E-state index in [1.54, 1.807) is 6.07 Å². The van der Waals surface area contributed by atoms with E-state index >= 15 is 4.39 Å². The zero-order valence-corrected chi connectivity index (χ0v) is 23.3. The Labute approximate surface area is 213 Å². The Morgan fingerprint density at radius 3 is 2.63 bits per heavy atom. The Kier molecular flexibility index (Phi) is 8.04. The molecule has 2 unspecified atom stereocenters. The number of cyclic esters (lactones) is 1. The van der Waals surface area contributed by atoms with Gasteiger partial charge < -0.3 is 24.4 Å². The second kappa shape index (κ2) is 10.3.